The number of aromatic nitrogens is 5. The molecule has 0 saturated carbocycles. The minimum absolute atomic E-state index is 0.183. The van der Waals surface area contributed by atoms with E-state index >= 15 is 0 Å². The molecule has 3 heterocycles. The van der Waals surface area contributed by atoms with Crippen LogP contribution in [0.2, 0.25) is 0 Å². The molecule has 0 aliphatic heterocycles. The van der Waals surface area contributed by atoms with E-state index in [-0.39, 0.29) is 5.82 Å². The van der Waals surface area contributed by atoms with E-state index in [0.29, 0.717) is 48.7 Å². The monoisotopic (exact) mass is 431 g/mol. The highest BCUT2D eigenvalue weighted by molar-refractivity contribution is 7.80. The van der Waals surface area contributed by atoms with Crippen LogP contribution < -0.4 is 10.0 Å². The summed E-state index contributed by atoms with van der Waals surface area (Å²) in [5.41, 5.74) is 1.92. The smallest absolute Gasteiger partial charge is 0.312 e. The zero-order chi connectivity index (χ0) is 20.9. The van der Waals surface area contributed by atoms with Crippen LogP contribution in [0.1, 0.15) is 17.7 Å². The van der Waals surface area contributed by atoms with Crippen molar-refractivity contribution in [1.29, 1.82) is 0 Å². The van der Waals surface area contributed by atoms with Crippen LogP contribution >= 0.6 is 0 Å². The van der Waals surface area contributed by atoms with E-state index in [1.165, 1.54) is 0 Å². The Balaban J connectivity index is 1.43. The Kier molecular flexibility index (Phi) is 5.95. The number of benzene rings is 1. The Bertz CT molecular complexity index is 1170. The van der Waals surface area contributed by atoms with Crippen molar-refractivity contribution >= 4 is 34.1 Å². The number of hydrogen-bond acceptors (Lipinski definition) is 7. The summed E-state index contributed by atoms with van der Waals surface area (Å²) in [4.78, 5) is 12.1. The normalized spacial score (nSPS) is 12.2. The lowest BCUT2D eigenvalue weighted by Gasteiger charge is -2.07. The highest BCUT2D eigenvalue weighted by Crippen LogP contribution is 2.20. The number of rotatable bonds is 9. The van der Waals surface area contributed by atoms with Crippen LogP contribution in [0.5, 0.6) is 0 Å². The Morgan fingerprint density at radius 2 is 2.07 bits per heavy atom. The number of nitrogens with one attached hydrogen (secondary N) is 2. The van der Waals surface area contributed by atoms with E-state index in [4.69, 9.17) is 9.08 Å². The van der Waals surface area contributed by atoms with E-state index in [9.17, 15) is 8.60 Å². The summed E-state index contributed by atoms with van der Waals surface area (Å²) in [6.45, 7) is 1.00. The van der Waals surface area contributed by atoms with Gasteiger partial charge in [-0.05, 0) is 12.0 Å². The second-order valence-corrected chi connectivity index (χ2v) is 7.13. The van der Waals surface area contributed by atoms with Crippen LogP contribution in [-0.4, -0.2) is 33.4 Å². The van der Waals surface area contributed by atoms with Crippen LogP contribution in [0, 0.1) is 6.08 Å². The van der Waals surface area contributed by atoms with Gasteiger partial charge in [-0.25, -0.2) is 9.19 Å². The molecule has 0 saturated heterocycles. The van der Waals surface area contributed by atoms with E-state index < -0.39 is 17.3 Å². The fraction of sp³-hybridized carbons (Fsp3) is 0.222. The van der Waals surface area contributed by atoms with Crippen molar-refractivity contribution in [2.75, 3.05) is 10.0 Å². The zero-order valence-electron chi connectivity index (χ0n) is 15.7. The van der Waals surface area contributed by atoms with E-state index in [1.807, 2.05) is 30.3 Å². The van der Waals surface area contributed by atoms with Gasteiger partial charge in [-0.2, -0.15) is 14.4 Å². The Hall–Kier alpha value is -3.38. The van der Waals surface area contributed by atoms with Gasteiger partial charge in [0.15, 0.2) is 22.8 Å². The number of aryl methyl sites for hydroxylation is 2. The van der Waals surface area contributed by atoms with E-state index in [2.05, 4.69) is 30.1 Å². The third-order valence-corrected chi connectivity index (χ3v) is 4.70. The van der Waals surface area contributed by atoms with Crippen molar-refractivity contribution in [1.82, 2.24) is 24.7 Å². The van der Waals surface area contributed by atoms with Gasteiger partial charge in [-0.1, -0.05) is 35.5 Å². The maximum atomic E-state index is 14.0. The van der Waals surface area contributed by atoms with Gasteiger partial charge in [0.05, 0.1) is 6.33 Å². The van der Waals surface area contributed by atoms with Crippen molar-refractivity contribution in [3.63, 3.8) is 0 Å². The predicted octanol–water partition coefficient (Wildman–Crippen LogP) is 2.75. The van der Waals surface area contributed by atoms with Crippen molar-refractivity contribution in [2.24, 2.45) is 0 Å². The molecule has 0 bridgehead atoms. The molecule has 0 aliphatic rings. The van der Waals surface area contributed by atoms with Gasteiger partial charge in [-0.15, -0.1) is 0 Å². The molecule has 1 aromatic carbocycles. The molecule has 30 heavy (non-hydrogen) atoms. The average molecular weight is 431 g/mol. The molecule has 156 valence electrons. The SMILES string of the molecule is O=S(O)Nc1cc(CCCn2cnc3c(NCc4ccccc4)nc(F)nc32)on1. The van der Waals surface area contributed by atoms with Crippen LogP contribution in [0.15, 0.2) is 47.2 Å². The molecule has 0 radical (unpaired) electrons. The summed E-state index contributed by atoms with van der Waals surface area (Å²) >= 11 is -2.21. The Morgan fingerprint density at radius 1 is 1.23 bits per heavy atom. The maximum Gasteiger partial charge on any atom is 0.312 e. The minimum Gasteiger partial charge on any atom is -0.364 e. The molecule has 3 aromatic heterocycles. The molecule has 1 atom stereocenters. The number of nitrogens with zero attached hydrogens (tertiary/aromatic N) is 5. The largest absolute Gasteiger partial charge is 0.364 e. The number of imidazole rings is 1. The van der Waals surface area contributed by atoms with Gasteiger partial charge in [0.1, 0.15) is 5.76 Å². The average Bonchev–Trinajstić information content (AvgIpc) is 3.33. The molecular weight excluding hydrogens is 413 g/mol. The first-order valence-corrected chi connectivity index (χ1v) is 10.2. The molecule has 4 rings (SSSR count). The van der Waals surface area contributed by atoms with Crippen LogP contribution in [-0.2, 0) is 30.8 Å². The second-order valence-electron chi connectivity index (χ2n) is 6.42. The van der Waals surface area contributed by atoms with Crippen LogP contribution in [0.3, 0.4) is 0 Å². The van der Waals surface area contributed by atoms with Crippen LogP contribution in [0.25, 0.3) is 11.2 Å². The number of hydrogen-bond donors (Lipinski definition) is 3. The van der Waals surface area contributed by atoms with Crippen molar-refractivity contribution in [3.8, 4) is 0 Å². The van der Waals surface area contributed by atoms with Gasteiger partial charge >= 0.3 is 6.08 Å². The van der Waals surface area contributed by atoms with E-state index in [1.54, 1.807) is 17.0 Å². The number of fused-ring (bicyclic) bond motifs is 1. The van der Waals surface area contributed by atoms with E-state index in [0.717, 1.165) is 5.56 Å². The van der Waals surface area contributed by atoms with Gasteiger partial charge < -0.3 is 14.4 Å². The van der Waals surface area contributed by atoms with Gasteiger partial charge in [0.2, 0.25) is 0 Å². The van der Waals surface area contributed by atoms with Crippen LogP contribution in [0.4, 0.5) is 16.0 Å². The summed E-state index contributed by atoms with van der Waals surface area (Å²) < 4.78 is 42.6. The highest BCUT2D eigenvalue weighted by Gasteiger charge is 2.14. The molecule has 0 amide bonds. The second kappa shape index (κ2) is 8.97. The first-order valence-electron chi connectivity index (χ1n) is 9.08. The Morgan fingerprint density at radius 3 is 2.87 bits per heavy atom. The number of halogens is 1. The topological polar surface area (TPSA) is 131 Å². The third-order valence-electron chi connectivity index (χ3n) is 4.31. The molecular formula is C18H18FN7O3S. The summed E-state index contributed by atoms with van der Waals surface area (Å²) in [5.74, 6) is 1.07. The molecule has 4 aromatic rings. The fourth-order valence-electron chi connectivity index (χ4n) is 2.98. The maximum absolute atomic E-state index is 14.0. The summed E-state index contributed by atoms with van der Waals surface area (Å²) in [6.07, 6.45) is 1.93. The van der Waals surface area contributed by atoms with Crippen molar-refractivity contribution in [3.05, 3.63) is 60.1 Å². The minimum atomic E-state index is -2.21. The predicted molar refractivity (Wildman–Crippen MR) is 108 cm³/mol. The lowest BCUT2D eigenvalue weighted by molar-refractivity contribution is 0.380. The first kappa shape index (κ1) is 19.9. The zero-order valence-corrected chi connectivity index (χ0v) is 16.5. The summed E-state index contributed by atoms with van der Waals surface area (Å²) in [7, 11) is 0. The molecule has 0 spiro atoms. The van der Waals surface area contributed by atoms with Gasteiger partial charge in [0, 0.05) is 25.6 Å². The molecule has 3 N–H and O–H groups in total. The molecule has 0 fully saturated rings. The lowest BCUT2D eigenvalue weighted by Crippen LogP contribution is -2.06. The number of anilines is 2. The van der Waals surface area contributed by atoms with Crippen molar-refractivity contribution in [2.45, 2.75) is 25.9 Å². The molecule has 0 aliphatic carbocycles. The highest BCUT2D eigenvalue weighted by atomic mass is 32.2. The quantitative estimate of drug-likeness (QED) is 0.272. The standard InChI is InChI=1S/C18H18FN7O3S/c19-18-22-16(20-10-12-5-2-1-3-6-12)15-17(23-18)26(11-21-15)8-4-7-13-9-14(24-29-13)25-30(27)28/h1-3,5-6,9,11H,4,7-8,10H2,(H,24,25)(H,27,28)(H,20,22,23). The molecule has 12 heteroatoms. The molecule has 10 nitrogen and oxygen atoms in total. The fourth-order valence-corrected chi connectivity index (χ4v) is 3.25. The first-order chi connectivity index (χ1) is 14.6. The van der Waals surface area contributed by atoms with Crippen molar-refractivity contribution < 1.29 is 17.7 Å². The third kappa shape index (κ3) is 4.78. The molecule has 1 unspecified atom stereocenters. The Labute approximate surface area is 173 Å². The van der Waals surface area contributed by atoms with Gasteiger partial charge in [0.25, 0.3) is 11.3 Å². The lowest BCUT2D eigenvalue weighted by atomic mass is 10.2. The summed E-state index contributed by atoms with van der Waals surface area (Å²) in [5, 5.41) is 6.77. The van der Waals surface area contributed by atoms with Gasteiger partial charge in [-0.3, -0.25) is 9.27 Å². The summed E-state index contributed by atoms with van der Waals surface area (Å²) in [6, 6.07) is 11.3.